The average Bonchev–Trinajstić information content (AvgIpc) is 2.63. The van der Waals surface area contributed by atoms with Crippen LogP contribution in [0.25, 0.3) is 0 Å². The van der Waals surface area contributed by atoms with Gasteiger partial charge in [0.05, 0.1) is 5.41 Å². The second-order valence-corrected chi connectivity index (χ2v) is 6.28. The fourth-order valence-electron chi connectivity index (χ4n) is 3.15. The monoisotopic (exact) mass is 371 g/mol. The first kappa shape index (κ1) is 21.4. The fourth-order valence-corrected chi connectivity index (χ4v) is 3.15. The Morgan fingerprint density at radius 2 is 1.52 bits per heavy atom. The number of amides is 2. The van der Waals surface area contributed by atoms with E-state index in [0.717, 1.165) is 0 Å². The van der Waals surface area contributed by atoms with E-state index in [1.807, 2.05) is 18.7 Å². The second kappa shape index (κ2) is 9.15. The summed E-state index contributed by atoms with van der Waals surface area (Å²) in [6, 6.07) is 5.54. The number of carbonyl (C=O) groups is 2. The van der Waals surface area contributed by atoms with Crippen molar-refractivity contribution < 1.29 is 14.0 Å². The molecule has 1 aromatic rings. The highest BCUT2D eigenvalue weighted by atomic mass is 35.5. The molecule has 0 aromatic heterocycles. The molecule has 2 amide bonds. The minimum atomic E-state index is -0.497. The number of carbonyl (C=O) groups excluding carboxylic acids is 2. The van der Waals surface area contributed by atoms with Gasteiger partial charge < -0.3 is 15.5 Å². The molecule has 0 unspecified atom stereocenters. The first-order chi connectivity index (χ1) is 11.5. The van der Waals surface area contributed by atoms with Gasteiger partial charge in [0, 0.05) is 38.3 Å². The zero-order valence-electron chi connectivity index (χ0n) is 14.8. The van der Waals surface area contributed by atoms with Gasteiger partial charge >= 0.3 is 0 Å². The Morgan fingerprint density at radius 1 is 1.04 bits per heavy atom. The van der Waals surface area contributed by atoms with Crippen LogP contribution in [0, 0.1) is 11.2 Å². The topological polar surface area (TPSA) is 66.6 Å². The summed E-state index contributed by atoms with van der Waals surface area (Å²) in [5.74, 6) is -0.402. The Balaban J connectivity index is 0.00000312. The van der Waals surface area contributed by atoms with E-state index in [1.165, 1.54) is 24.3 Å². The molecule has 5 nitrogen and oxygen atoms in total. The number of nitrogens with two attached hydrogens (primary N) is 1. The van der Waals surface area contributed by atoms with E-state index in [2.05, 4.69) is 0 Å². The summed E-state index contributed by atoms with van der Waals surface area (Å²) in [5.41, 5.74) is 5.83. The Labute approximate surface area is 154 Å². The number of halogens is 2. The SMILES string of the molecule is CCC(CC)(CN)C(=O)N1CCN(C(=O)c2ccc(F)cc2)CC1.Cl. The van der Waals surface area contributed by atoms with E-state index in [-0.39, 0.29) is 30.0 Å². The lowest BCUT2D eigenvalue weighted by atomic mass is 9.81. The maximum atomic E-state index is 13.0. The fraction of sp³-hybridized carbons (Fsp3) is 0.556. The molecule has 1 aromatic carbocycles. The van der Waals surface area contributed by atoms with E-state index < -0.39 is 5.41 Å². The molecular weight excluding hydrogens is 345 g/mol. The van der Waals surface area contributed by atoms with E-state index in [9.17, 15) is 14.0 Å². The lowest BCUT2D eigenvalue weighted by molar-refractivity contribution is -0.143. The van der Waals surface area contributed by atoms with Crippen molar-refractivity contribution in [3.8, 4) is 0 Å². The summed E-state index contributed by atoms with van der Waals surface area (Å²) >= 11 is 0. The summed E-state index contributed by atoms with van der Waals surface area (Å²) in [5, 5.41) is 0. The van der Waals surface area contributed by atoms with Crippen LogP contribution in [0.15, 0.2) is 24.3 Å². The quantitative estimate of drug-likeness (QED) is 0.863. The van der Waals surface area contributed by atoms with Crippen molar-refractivity contribution in [1.82, 2.24) is 9.80 Å². The van der Waals surface area contributed by atoms with Gasteiger partial charge in [0.1, 0.15) is 5.82 Å². The average molecular weight is 372 g/mol. The van der Waals surface area contributed by atoms with Crippen LogP contribution in [0.5, 0.6) is 0 Å². The Hall–Kier alpha value is -1.66. The Kier molecular flexibility index (Phi) is 7.83. The molecular formula is C18H27ClFN3O2. The van der Waals surface area contributed by atoms with Crippen molar-refractivity contribution in [2.24, 2.45) is 11.1 Å². The van der Waals surface area contributed by atoms with Gasteiger partial charge in [-0.2, -0.15) is 0 Å². The molecule has 1 heterocycles. The number of nitrogens with zero attached hydrogens (tertiary/aromatic N) is 2. The van der Waals surface area contributed by atoms with E-state index in [1.54, 1.807) is 4.90 Å². The van der Waals surface area contributed by atoms with Gasteiger partial charge in [-0.3, -0.25) is 9.59 Å². The van der Waals surface area contributed by atoms with Gasteiger partial charge in [0.25, 0.3) is 5.91 Å². The highest BCUT2D eigenvalue weighted by molar-refractivity contribution is 5.94. The molecule has 140 valence electrons. The number of hydrogen-bond donors (Lipinski definition) is 1. The number of hydrogen-bond acceptors (Lipinski definition) is 3. The molecule has 1 saturated heterocycles. The standard InChI is InChI=1S/C18H26FN3O2.ClH/c1-3-18(4-2,13-20)17(24)22-11-9-21(10-12-22)16(23)14-5-7-15(19)8-6-14;/h5-8H,3-4,9-13,20H2,1-2H3;1H. The van der Waals surface area contributed by atoms with Gasteiger partial charge in [0.15, 0.2) is 0 Å². The molecule has 0 spiro atoms. The van der Waals surface area contributed by atoms with Gasteiger partial charge in [-0.15, -0.1) is 12.4 Å². The number of piperazine rings is 1. The minimum absolute atomic E-state index is 0. The minimum Gasteiger partial charge on any atom is -0.339 e. The molecule has 7 heteroatoms. The molecule has 0 aliphatic carbocycles. The molecule has 2 N–H and O–H groups in total. The van der Waals surface area contributed by atoms with Crippen LogP contribution >= 0.6 is 12.4 Å². The van der Waals surface area contributed by atoms with E-state index >= 15 is 0 Å². The highest BCUT2D eigenvalue weighted by Gasteiger charge is 2.38. The lowest BCUT2D eigenvalue weighted by Crippen LogP contribution is -2.55. The number of benzene rings is 1. The molecule has 1 aliphatic rings. The molecule has 2 rings (SSSR count). The molecule has 0 radical (unpaired) electrons. The summed E-state index contributed by atoms with van der Waals surface area (Å²) in [7, 11) is 0. The predicted octanol–water partition coefficient (Wildman–Crippen LogP) is 2.30. The van der Waals surface area contributed by atoms with Crippen molar-refractivity contribution in [3.63, 3.8) is 0 Å². The third-order valence-corrected chi connectivity index (χ3v) is 5.14. The van der Waals surface area contributed by atoms with Crippen molar-refractivity contribution >= 4 is 24.2 Å². The van der Waals surface area contributed by atoms with Gasteiger partial charge in [0.2, 0.25) is 5.91 Å². The smallest absolute Gasteiger partial charge is 0.253 e. The highest BCUT2D eigenvalue weighted by Crippen LogP contribution is 2.28. The van der Waals surface area contributed by atoms with E-state index in [0.29, 0.717) is 51.1 Å². The first-order valence-corrected chi connectivity index (χ1v) is 8.51. The lowest BCUT2D eigenvalue weighted by Gasteiger charge is -2.40. The normalized spacial score (nSPS) is 14.9. The second-order valence-electron chi connectivity index (χ2n) is 6.28. The van der Waals surface area contributed by atoms with Crippen molar-refractivity contribution in [2.45, 2.75) is 26.7 Å². The summed E-state index contributed by atoms with van der Waals surface area (Å²) < 4.78 is 13.0. The predicted molar refractivity (Wildman–Crippen MR) is 98.2 cm³/mol. The van der Waals surface area contributed by atoms with Crippen LogP contribution in [-0.4, -0.2) is 54.3 Å². The molecule has 25 heavy (non-hydrogen) atoms. The third-order valence-electron chi connectivity index (χ3n) is 5.14. The molecule has 0 saturated carbocycles. The zero-order valence-corrected chi connectivity index (χ0v) is 15.7. The first-order valence-electron chi connectivity index (χ1n) is 8.51. The van der Waals surface area contributed by atoms with Gasteiger partial charge in [-0.05, 0) is 37.1 Å². The van der Waals surface area contributed by atoms with Crippen molar-refractivity contribution in [2.75, 3.05) is 32.7 Å². The van der Waals surface area contributed by atoms with E-state index in [4.69, 9.17) is 5.73 Å². The van der Waals surface area contributed by atoms with Crippen LogP contribution in [0.2, 0.25) is 0 Å². The zero-order chi connectivity index (χ0) is 17.7. The Morgan fingerprint density at radius 3 is 1.96 bits per heavy atom. The Bertz CT molecular complexity index is 574. The third kappa shape index (κ3) is 4.50. The van der Waals surface area contributed by atoms with Crippen molar-refractivity contribution in [3.05, 3.63) is 35.6 Å². The van der Waals surface area contributed by atoms with Gasteiger partial charge in [-0.1, -0.05) is 13.8 Å². The molecule has 1 fully saturated rings. The summed E-state index contributed by atoms with van der Waals surface area (Å²) in [6.07, 6.45) is 1.43. The van der Waals surface area contributed by atoms with Crippen LogP contribution < -0.4 is 5.73 Å². The van der Waals surface area contributed by atoms with Crippen LogP contribution in [0.3, 0.4) is 0 Å². The number of rotatable bonds is 5. The largest absolute Gasteiger partial charge is 0.339 e. The van der Waals surface area contributed by atoms with Crippen LogP contribution in [-0.2, 0) is 4.79 Å². The molecule has 1 aliphatic heterocycles. The molecule has 0 atom stereocenters. The van der Waals surface area contributed by atoms with Crippen LogP contribution in [0.4, 0.5) is 4.39 Å². The summed E-state index contributed by atoms with van der Waals surface area (Å²) in [6.45, 7) is 6.30. The van der Waals surface area contributed by atoms with Gasteiger partial charge in [-0.25, -0.2) is 4.39 Å². The summed E-state index contributed by atoms with van der Waals surface area (Å²) in [4.78, 5) is 28.8. The maximum absolute atomic E-state index is 13.0. The van der Waals surface area contributed by atoms with Crippen LogP contribution in [0.1, 0.15) is 37.0 Å². The maximum Gasteiger partial charge on any atom is 0.253 e. The van der Waals surface area contributed by atoms with Crippen molar-refractivity contribution in [1.29, 1.82) is 0 Å². The molecule has 0 bridgehead atoms.